The molecule has 3 aromatic rings. The van der Waals surface area contributed by atoms with Crippen LogP contribution < -0.4 is 15.0 Å². The topological polar surface area (TPSA) is 71.5 Å². The molecule has 130 valence electrons. The summed E-state index contributed by atoms with van der Waals surface area (Å²) in [5, 5.41) is 3.85. The fourth-order valence-electron chi connectivity index (χ4n) is 3.07. The molecule has 0 saturated heterocycles. The molecule has 2 aromatic carbocycles. The van der Waals surface area contributed by atoms with Crippen molar-refractivity contribution in [1.82, 2.24) is 4.98 Å². The van der Waals surface area contributed by atoms with Crippen molar-refractivity contribution in [1.29, 1.82) is 0 Å². The summed E-state index contributed by atoms with van der Waals surface area (Å²) in [6, 6.07) is 15.0. The lowest BCUT2D eigenvalue weighted by Gasteiger charge is -2.29. The summed E-state index contributed by atoms with van der Waals surface area (Å²) in [4.78, 5) is 30.5. The molecule has 1 aliphatic heterocycles. The molecule has 0 bridgehead atoms. The number of hydrogen-bond acceptors (Lipinski definition) is 5. The van der Waals surface area contributed by atoms with Gasteiger partial charge in [0.15, 0.2) is 5.75 Å². The van der Waals surface area contributed by atoms with E-state index >= 15 is 0 Å². The lowest BCUT2D eigenvalue weighted by molar-refractivity contribution is -0.133. The first-order chi connectivity index (χ1) is 12.6. The van der Waals surface area contributed by atoms with E-state index in [1.54, 1.807) is 17.2 Å². The van der Waals surface area contributed by atoms with Crippen LogP contribution in [-0.2, 0) is 9.59 Å². The number of nitrogens with zero attached hydrogens (tertiary/aromatic N) is 2. The quantitative estimate of drug-likeness (QED) is 0.583. The Balaban J connectivity index is 1.57. The van der Waals surface area contributed by atoms with Gasteiger partial charge >= 0.3 is 5.97 Å². The highest BCUT2D eigenvalue weighted by Crippen LogP contribution is 2.32. The minimum Gasteiger partial charge on any atom is -0.423 e. The SMILES string of the molecule is Cc1ccc2c(c1)N(CC(=O)Nc1cccc3cccnc13)CC(=O)O2. The molecule has 1 amide bonds. The summed E-state index contributed by atoms with van der Waals surface area (Å²) in [5.74, 6) is -0.113. The molecule has 0 spiro atoms. The molecule has 6 nitrogen and oxygen atoms in total. The Morgan fingerprint density at radius 2 is 2.08 bits per heavy atom. The lowest BCUT2D eigenvalue weighted by atomic mass is 10.1. The number of aromatic nitrogens is 1. The number of esters is 1. The maximum Gasteiger partial charge on any atom is 0.331 e. The van der Waals surface area contributed by atoms with E-state index in [0.717, 1.165) is 22.2 Å². The monoisotopic (exact) mass is 347 g/mol. The Bertz CT molecular complexity index is 1010. The van der Waals surface area contributed by atoms with E-state index < -0.39 is 0 Å². The largest absolute Gasteiger partial charge is 0.423 e. The first-order valence-corrected chi connectivity index (χ1v) is 8.30. The molecule has 0 unspecified atom stereocenters. The van der Waals surface area contributed by atoms with E-state index in [-0.39, 0.29) is 25.0 Å². The Morgan fingerprint density at radius 3 is 2.96 bits per heavy atom. The summed E-state index contributed by atoms with van der Waals surface area (Å²) in [6.07, 6.45) is 1.69. The zero-order valence-electron chi connectivity index (χ0n) is 14.2. The second-order valence-electron chi connectivity index (χ2n) is 6.23. The van der Waals surface area contributed by atoms with E-state index in [4.69, 9.17) is 4.74 Å². The third-order valence-electron chi connectivity index (χ3n) is 4.24. The van der Waals surface area contributed by atoms with Gasteiger partial charge in [-0.3, -0.25) is 9.78 Å². The Morgan fingerprint density at radius 1 is 1.23 bits per heavy atom. The first-order valence-electron chi connectivity index (χ1n) is 8.30. The van der Waals surface area contributed by atoms with E-state index in [1.807, 2.05) is 49.4 Å². The molecule has 0 atom stereocenters. The van der Waals surface area contributed by atoms with Crippen LogP contribution >= 0.6 is 0 Å². The summed E-state index contributed by atoms with van der Waals surface area (Å²) >= 11 is 0. The number of ether oxygens (including phenoxy) is 1. The van der Waals surface area contributed by atoms with Crippen LogP contribution in [0.4, 0.5) is 11.4 Å². The van der Waals surface area contributed by atoms with Gasteiger partial charge in [0.1, 0.15) is 6.54 Å². The molecular formula is C20H17N3O3. The molecule has 26 heavy (non-hydrogen) atoms. The second kappa shape index (κ2) is 6.48. The number of aryl methyl sites for hydroxylation is 1. The first kappa shape index (κ1) is 16.1. The van der Waals surface area contributed by atoms with Crippen molar-refractivity contribution in [3.63, 3.8) is 0 Å². The van der Waals surface area contributed by atoms with Gasteiger partial charge in [-0.25, -0.2) is 4.79 Å². The molecular weight excluding hydrogens is 330 g/mol. The highest BCUT2D eigenvalue weighted by Gasteiger charge is 2.25. The van der Waals surface area contributed by atoms with E-state index in [1.165, 1.54) is 0 Å². The summed E-state index contributed by atoms with van der Waals surface area (Å²) < 4.78 is 5.25. The average Bonchev–Trinajstić information content (AvgIpc) is 2.62. The molecule has 1 aromatic heterocycles. The van der Waals surface area contributed by atoms with E-state index in [2.05, 4.69) is 10.3 Å². The smallest absolute Gasteiger partial charge is 0.331 e. The van der Waals surface area contributed by atoms with Crippen LogP contribution in [0.5, 0.6) is 5.75 Å². The number of carbonyl (C=O) groups excluding carboxylic acids is 2. The van der Waals surface area contributed by atoms with E-state index in [0.29, 0.717) is 11.4 Å². The third kappa shape index (κ3) is 3.09. The second-order valence-corrected chi connectivity index (χ2v) is 6.23. The van der Waals surface area contributed by atoms with Crippen molar-refractivity contribution in [2.45, 2.75) is 6.92 Å². The Labute approximate surface area is 150 Å². The molecule has 0 fully saturated rings. The number of carbonyl (C=O) groups is 2. The van der Waals surface area contributed by atoms with Gasteiger partial charge in [-0.2, -0.15) is 0 Å². The minimum absolute atomic E-state index is 0.0393. The fourth-order valence-corrected chi connectivity index (χ4v) is 3.07. The zero-order valence-corrected chi connectivity index (χ0v) is 14.2. The number of hydrogen-bond donors (Lipinski definition) is 1. The number of fused-ring (bicyclic) bond motifs is 2. The number of anilines is 2. The maximum absolute atomic E-state index is 12.6. The minimum atomic E-state index is -0.374. The van der Waals surface area contributed by atoms with Crippen LogP contribution in [0, 0.1) is 6.92 Å². The van der Waals surface area contributed by atoms with Crippen molar-refractivity contribution in [2.24, 2.45) is 0 Å². The van der Waals surface area contributed by atoms with Crippen LogP contribution in [0.15, 0.2) is 54.7 Å². The number of para-hydroxylation sites is 1. The van der Waals surface area contributed by atoms with Gasteiger partial charge in [0, 0.05) is 11.6 Å². The molecule has 2 heterocycles. The number of nitrogens with one attached hydrogen (secondary N) is 1. The predicted octanol–water partition coefficient (Wildman–Crippen LogP) is 2.91. The maximum atomic E-state index is 12.6. The van der Waals surface area contributed by atoms with E-state index in [9.17, 15) is 9.59 Å². The van der Waals surface area contributed by atoms with Gasteiger partial charge in [0.05, 0.1) is 23.4 Å². The summed E-state index contributed by atoms with van der Waals surface area (Å²) in [5.41, 5.74) is 3.16. The van der Waals surface area contributed by atoms with Crippen molar-refractivity contribution in [2.75, 3.05) is 23.3 Å². The van der Waals surface area contributed by atoms with Crippen LogP contribution in [0.3, 0.4) is 0 Å². The predicted molar refractivity (Wildman–Crippen MR) is 99.4 cm³/mol. The zero-order chi connectivity index (χ0) is 18.1. The molecule has 0 aliphatic carbocycles. The van der Waals surface area contributed by atoms with Crippen molar-refractivity contribution in [3.05, 3.63) is 60.3 Å². The summed E-state index contributed by atoms with van der Waals surface area (Å²) in [7, 11) is 0. The van der Waals surface area contributed by atoms with Gasteiger partial charge in [-0.1, -0.05) is 24.3 Å². The Kier molecular flexibility index (Phi) is 4.01. The molecule has 0 radical (unpaired) electrons. The third-order valence-corrected chi connectivity index (χ3v) is 4.24. The number of benzene rings is 2. The highest BCUT2D eigenvalue weighted by atomic mass is 16.5. The highest BCUT2D eigenvalue weighted by molar-refractivity contribution is 6.02. The van der Waals surface area contributed by atoms with Gasteiger partial charge in [-0.05, 0) is 36.8 Å². The lowest BCUT2D eigenvalue weighted by Crippen LogP contribution is -2.41. The molecule has 1 N–H and O–H groups in total. The normalized spacial score (nSPS) is 13.3. The van der Waals surface area contributed by atoms with Gasteiger partial charge < -0.3 is 15.0 Å². The van der Waals surface area contributed by atoms with Crippen molar-refractivity contribution < 1.29 is 14.3 Å². The van der Waals surface area contributed by atoms with Crippen LogP contribution in [0.1, 0.15) is 5.56 Å². The molecule has 6 heteroatoms. The van der Waals surface area contributed by atoms with Gasteiger partial charge in [0.25, 0.3) is 0 Å². The van der Waals surface area contributed by atoms with Crippen LogP contribution in [0.2, 0.25) is 0 Å². The Hall–Kier alpha value is -3.41. The van der Waals surface area contributed by atoms with Crippen molar-refractivity contribution in [3.8, 4) is 5.75 Å². The molecule has 1 aliphatic rings. The fraction of sp³-hybridized carbons (Fsp3) is 0.150. The standard InChI is InChI=1S/C20H17N3O3/c1-13-7-8-17-16(10-13)23(12-19(25)26-17)11-18(24)22-15-6-2-4-14-5-3-9-21-20(14)15/h2-10H,11-12H2,1H3,(H,22,24). The number of amides is 1. The van der Waals surface area contributed by atoms with Crippen LogP contribution in [0.25, 0.3) is 10.9 Å². The van der Waals surface area contributed by atoms with Gasteiger partial charge in [-0.15, -0.1) is 0 Å². The number of pyridine rings is 1. The van der Waals surface area contributed by atoms with Gasteiger partial charge in [0.2, 0.25) is 5.91 Å². The van der Waals surface area contributed by atoms with Crippen molar-refractivity contribution >= 4 is 34.2 Å². The molecule has 0 saturated carbocycles. The van der Waals surface area contributed by atoms with Crippen LogP contribution in [-0.4, -0.2) is 29.9 Å². The number of rotatable bonds is 3. The summed E-state index contributed by atoms with van der Waals surface area (Å²) in [6.45, 7) is 2.04. The average molecular weight is 347 g/mol. The molecule has 4 rings (SSSR count).